The molecule has 2 rings (SSSR count). The fourth-order valence-electron chi connectivity index (χ4n) is 1.87. The highest BCUT2D eigenvalue weighted by atomic mass is 16.5. The molecule has 5 nitrogen and oxygen atoms in total. The number of ether oxygens (including phenoxy) is 3. The van der Waals surface area contributed by atoms with Gasteiger partial charge in [0.1, 0.15) is 29.4 Å². The normalized spacial score (nSPS) is 10.0. The minimum Gasteiger partial charge on any atom is -0.507 e. The number of rotatable bonds is 5. The largest absolute Gasteiger partial charge is 0.507 e. The van der Waals surface area contributed by atoms with Crippen LogP contribution in [0.4, 0.5) is 0 Å². The maximum absolute atomic E-state index is 11.6. The van der Waals surface area contributed by atoms with Crippen LogP contribution in [0.3, 0.4) is 0 Å². The second kappa shape index (κ2) is 6.65. The van der Waals surface area contributed by atoms with Gasteiger partial charge in [0, 0.05) is 12.1 Å². The molecule has 0 saturated heterocycles. The first kappa shape index (κ1) is 14.7. The maximum Gasteiger partial charge on any atom is 0.345 e. The first-order valence-corrected chi connectivity index (χ1v) is 6.31. The summed E-state index contributed by atoms with van der Waals surface area (Å²) in [7, 11) is 2.64. The van der Waals surface area contributed by atoms with Crippen LogP contribution in [0.25, 0.3) is 0 Å². The van der Waals surface area contributed by atoms with Crippen molar-refractivity contribution in [2.45, 2.75) is 6.61 Å². The zero-order valence-corrected chi connectivity index (χ0v) is 11.8. The van der Waals surface area contributed by atoms with Crippen molar-refractivity contribution in [1.29, 1.82) is 0 Å². The molecule has 0 spiro atoms. The summed E-state index contributed by atoms with van der Waals surface area (Å²) in [6.07, 6.45) is 0. The molecule has 1 N–H and O–H groups in total. The van der Waals surface area contributed by atoms with E-state index in [2.05, 4.69) is 4.74 Å². The SMILES string of the molecule is COC(=O)c1c(O)cc(OCc2ccccc2)cc1OC. The predicted octanol–water partition coefficient (Wildman–Crippen LogP) is 2.77. The number of hydrogen-bond acceptors (Lipinski definition) is 5. The van der Waals surface area contributed by atoms with Gasteiger partial charge in [-0.15, -0.1) is 0 Å². The van der Waals surface area contributed by atoms with Gasteiger partial charge >= 0.3 is 5.97 Å². The van der Waals surface area contributed by atoms with Gasteiger partial charge in [0.15, 0.2) is 0 Å². The van der Waals surface area contributed by atoms with Crippen LogP contribution in [-0.2, 0) is 11.3 Å². The fourth-order valence-corrected chi connectivity index (χ4v) is 1.87. The van der Waals surface area contributed by atoms with Crippen LogP contribution in [0.5, 0.6) is 17.2 Å². The average molecular weight is 288 g/mol. The maximum atomic E-state index is 11.6. The van der Waals surface area contributed by atoms with Crippen LogP contribution in [0.2, 0.25) is 0 Å². The molecule has 0 unspecified atom stereocenters. The van der Waals surface area contributed by atoms with Crippen LogP contribution >= 0.6 is 0 Å². The Labute approximate surface area is 122 Å². The molecule has 2 aromatic rings. The Kier molecular flexibility index (Phi) is 4.66. The predicted molar refractivity (Wildman–Crippen MR) is 76.8 cm³/mol. The summed E-state index contributed by atoms with van der Waals surface area (Å²) in [5.41, 5.74) is 0.972. The molecule has 0 bridgehead atoms. The topological polar surface area (TPSA) is 65.0 Å². The minimum atomic E-state index is -0.668. The van der Waals surface area contributed by atoms with E-state index in [9.17, 15) is 9.90 Å². The molecule has 0 fully saturated rings. The lowest BCUT2D eigenvalue weighted by Gasteiger charge is -2.12. The molecule has 0 saturated carbocycles. The molecule has 0 amide bonds. The standard InChI is InChI=1S/C16H16O5/c1-19-14-9-12(8-13(17)15(14)16(18)20-2)21-10-11-6-4-3-5-7-11/h3-9,17H,10H2,1-2H3. The zero-order chi connectivity index (χ0) is 15.2. The van der Waals surface area contributed by atoms with Crippen molar-refractivity contribution in [2.75, 3.05) is 14.2 Å². The first-order valence-electron chi connectivity index (χ1n) is 6.31. The summed E-state index contributed by atoms with van der Waals surface area (Å²) < 4.78 is 15.3. The second-order valence-electron chi connectivity index (χ2n) is 4.29. The molecule has 21 heavy (non-hydrogen) atoms. The van der Waals surface area contributed by atoms with Gasteiger partial charge in [0.2, 0.25) is 0 Å². The van der Waals surface area contributed by atoms with Gasteiger partial charge in [-0.05, 0) is 5.56 Å². The van der Waals surface area contributed by atoms with E-state index >= 15 is 0 Å². The molecule has 0 radical (unpaired) electrons. The molecule has 0 aliphatic rings. The third kappa shape index (κ3) is 3.45. The van der Waals surface area contributed by atoms with Gasteiger partial charge in [-0.2, -0.15) is 0 Å². The Morgan fingerprint density at radius 2 is 1.86 bits per heavy atom. The molecule has 2 aromatic carbocycles. The minimum absolute atomic E-state index is 0.0212. The Bertz CT molecular complexity index is 622. The van der Waals surface area contributed by atoms with Crippen molar-refractivity contribution in [3.8, 4) is 17.2 Å². The van der Waals surface area contributed by atoms with E-state index in [-0.39, 0.29) is 17.1 Å². The summed E-state index contributed by atoms with van der Waals surface area (Å²) in [5, 5.41) is 9.94. The van der Waals surface area contributed by atoms with Gasteiger partial charge in [0.05, 0.1) is 14.2 Å². The number of hydrogen-bond donors (Lipinski definition) is 1. The number of methoxy groups -OCH3 is 2. The average Bonchev–Trinajstić information content (AvgIpc) is 2.52. The van der Waals surface area contributed by atoms with Crippen molar-refractivity contribution in [1.82, 2.24) is 0 Å². The number of aromatic hydroxyl groups is 1. The van der Waals surface area contributed by atoms with E-state index in [0.717, 1.165) is 5.56 Å². The zero-order valence-electron chi connectivity index (χ0n) is 11.8. The number of carbonyl (C=O) groups is 1. The molecule has 110 valence electrons. The molecule has 0 heterocycles. The quantitative estimate of drug-likeness (QED) is 0.857. The number of phenolic OH excluding ortho intramolecular Hbond substituents is 1. The van der Waals surface area contributed by atoms with Crippen LogP contribution in [-0.4, -0.2) is 25.3 Å². The molecule has 0 aliphatic heterocycles. The van der Waals surface area contributed by atoms with E-state index in [0.29, 0.717) is 12.4 Å². The third-order valence-electron chi connectivity index (χ3n) is 2.91. The highest BCUT2D eigenvalue weighted by Crippen LogP contribution is 2.34. The van der Waals surface area contributed by atoms with E-state index in [4.69, 9.17) is 9.47 Å². The number of esters is 1. The molecule has 0 aromatic heterocycles. The van der Waals surface area contributed by atoms with Crippen molar-refractivity contribution in [2.24, 2.45) is 0 Å². The lowest BCUT2D eigenvalue weighted by atomic mass is 10.1. The van der Waals surface area contributed by atoms with Crippen LogP contribution in [0.1, 0.15) is 15.9 Å². The van der Waals surface area contributed by atoms with Gasteiger partial charge in [-0.3, -0.25) is 0 Å². The highest BCUT2D eigenvalue weighted by molar-refractivity contribution is 5.95. The molecule has 0 atom stereocenters. The highest BCUT2D eigenvalue weighted by Gasteiger charge is 2.19. The van der Waals surface area contributed by atoms with E-state index in [1.165, 1.54) is 26.4 Å². The van der Waals surface area contributed by atoms with Gasteiger partial charge in [-0.1, -0.05) is 30.3 Å². The van der Waals surface area contributed by atoms with E-state index in [1.807, 2.05) is 30.3 Å². The van der Waals surface area contributed by atoms with Crippen LogP contribution < -0.4 is 9.47 Å². The Balaban J connectivity index is 2.22. The Hall–Kier alpha value is -2.69. The van der Waals surface area contributed by atoms with Gasteiger partial charge in [0.25, 0.3) is 0 Å². The van der Waals surface area contributed by atoms with Crippen molar-refractivity contribution >= 4 is 5.97 Å². The van der Waals surface area contributed by atoms with Gasteiger partial charge in [-0.25, -0.2) is 4.79 Å². The lowest BCUT2D eigenvalue weighted by Crippen LogP contribution is -2.05. The smallest absolute Gasteiger partial charge is 0.345 e. The van der Waals surface area contributed by atoms with Crippen molar-refractivity contribution < 1.29 is 24.1 Å². The fraction of sp³-hybridized carbons (Fsp3) is 0.188. The number of carbonyl (C=O) groups excluding carboxylic acids is 1. The summed E-state index contributed by atoms with van der Waals surface area (Å²) in [6.45, 7) is 0.348. The summed E-state index contributed by atoms with van der Waals surface area (Å²) in [5.74, 6) is -0.311. The number of benzene rings is 2. The molecular formula is C16H16O5. The Morgan fingerprint density at radius 3 is 2.48 bits per heavy atom. The molecule has 0 aliphatic carbocycles. The second-order valence-corrected chi connectivity index (χ2v) is 4.29. The third-order valence-corrected chi connectivity index (χ3v) is 2.91. The monoisotopic (exact) mass is 288 g/mol. The number of phenols is 1. The first-order chi connectivity index (χ1) is 10.2. The van der Waals surface area contributed by atoms with Crippen molar-refractivity contribution in [3.05, 3.63) is 53.6 Å². The summed E-state index contributed by atoms with van der Waals surface area (Å²) >= 11 is 0. The van der Waals surface area contributed by atoms with Crippen molar-refractivity contribution in [3.63, 3.8) is 0 Å². The summed E-state index contributed by atoms with van der Waals surface area (Å²) in [6, 6.07) is 12.5. The lowest BCUT2D eigenvalue weighted by molar-refractivity contribution is 0.0593. The molecule has 5 heteroatoms. The van der Waals surface area contributed by atoms with E-state index in [1.54, 1.807) is 0 Å². The summed E-state index contributed by atoms with van der Waals surface area (Å²) in [4.78, 5) is 11.6. The molecular weight excluding hydrogens is 272 g/mol. The van der Waals surface area contributed by atoms with Crippen LogP contribution in [0.15, 0.2) is 42.5 Å². The Morgan fingerprint density at radius 1 is 1.14 bits per heavy atom. The van der Waals surface area contributed by atoms with Crippen LogP contribution in [0, 0.1) is 0 Å². The van der Waals surface area contributed by atoms with Gasteiger partial charge < -0.3 is 19.3 Å². The van der Waals surface area contributed by atoms with E-state index < -0.39 is 5.97 Å².